The molecule has 0 spiro atoms. The van der Waals surface area contributed by atoms with Crippen molar-refractivity contribution in [3.63, 3.8) is 0 Å². The Hall–Kier alpha value is -1.73. The summed E-state index contributed by atoms with van der Waals surface area (Å²) in [5.74, 6) is -2.15. The average Bonchev–Trinajstić information content (AvgIpc) is 2.86. The van der Waals surface area contributed by atoms with Gasteiger partial charge in [0, 0.05) is 5.38 Å². The minimum atomic E-state index is -1.11. The monoisotopic (exact) mass is 255 g/mol. The van der Waals surface area contributed by atoms with Gasteiger partial charge in [-0.05, 0) is 11.4 Å². The predicted octanol–water partition coefficient (Wildman–Crippen LogP) is 2.27. The van der Waals surface area contributed by atoms with Gasteiger partial charge in [0.05, 0.1) is 10.4 Å². The van der Waals surface area contributed by atoms with Crippen molar-refractivity contribution in [2.45, 2.75) is 0 Å². The molecule has 2 N–H and O–H groups in total. The van der Waals surface area contributed by atoms with Crippen molar-refractivity contribution in [1.29, 1.82) is 0 Å². The molecule has 0 amide bonds. The maximum atomic E-state index is 10.9. The van der Waals surface area contributed by atoms with E-state index in [1.165, 1.54) is 22.8 Å². The number of aromatic nitrogens is 1. The molecule has 2 aromatic heterocycles. The van der Waals surface area contributed by atoms with Crippen LogP contribution in [0.4, 0.5) is 0 Å². The minimum absolute atomic E-state index is 0.0651. The lowest BCUT2D eigenvalue weighted by molar-refractivity contribution is 0.0684. The summed E-state index contributed by atoms with van der Waals surface area (Å²) in [5, 5.41) is 21.1. The fraction of sp³-hybridized carbons (Fsp3) is 0. The number of nitrogens with zero attached hydrogens (tertiary/aromatic N) is 1. The van der Waals surface area contributed by atoms with Gasteiger partial charge >= 0.3 is 11.9 Å². The molecule has 0 bridgehead atoms. The van der Waals surface area contributed by atoms with E-state index in [2.05, 4.69) is 4.98 Å². The Kier molecular flexibility index (Phi) is 2.71. The Morgan fingerprint density at radius 2 is 1.94 bits per heavy atom. The van der Waals surface area contributed by atoms with Gasteiger partial charge in [-0.15, -0.1) is 22.7 Å². The first-order valence-corrected chi connectivity index (χ1v) is 5.85. The molecule has 7 heteroatoms. The first-order chi connectivity index (χ1) is 7.59. The molecule has 0 radical (unpaired) electrons. The number of thiophene rings is 1. The molecule has 0 saturated carbocycles. The Labute approximate surface area is 97.6 Å². The van der Waals surface area contributed by atoms with Crippen LogP contribution >= 0.6 is 22.7 Å². The summed E-state index contributed by atoms with van der Waals surface area (Å²) in [6.07, 6.45) is 0. The van der Waals surface area contributed by atoms with Crippen molar-refractivity contribution < 1.29 is 19.8 Å². The highest BCUT2D eigenvalue weighted by Crippen LogP contribution is 2.32. The molecule has 2 aromatic rings. The molecular formula is C9H5NO4S2. The van der Waals surface area contributed by atoms with Crippen molar-refractivity contribution in [2.24, 2.45) is 0 Å². The Morgan fingerprint density at radius 3 is 2.50 bits per heavy atom. The minimum Gasteiger partial charge on any atom is -0.478 e. The van der Waals surface area contributed by atoms with Gasteiger partial charge in [0.25, 0.3) is 0 Å². The molecule has 82 valence electrons. The van der Waals surface area contributed by atoms with Crippen molar-refractivity contribution in [3.05, 3.63) is 28.1 Å². The molecule has 0 aliphatic rings. The zero-order valence-corrected chi connectivity index (χ0v) is 9.34. The second kappa shape index (κ2) is 4.03. The SMILES string of the molecule is O=C(O)c1csc(-c2sccc2C(=O)O)n1. The second-order valence-corrected chi connectivity index (χ2v) is 4.59. The van der Waals surface area contributed by atoms with Crippen LogP contribution in [0.5, 0.6) is 0 Å². The van der Waals surface area contributed by atoms with E-state index in [0.29, 0.717) is 9.88 Å². The number of aromatic carboxylic acids is 2. The van der Waals surface area contributed by atoms with E-state index in [-0.39, 0.29) is 11.3 Å². The van der Waals surface area contributed by atoms with Crippen LogP contribution in [0.1, 0.15) is 20.8 Å². The first-order valence-electron chi connectivity index (χ1n) is 4.09. The highest BCUT2D eigenvalue weighted by molar-refractivity contribution is 7.20. The zero-order valence-electron chi connectivity index (χ0n) is 7.71. The largest absolute Gasteiger partial charge is 0.478 e. The number of rotatable bonds is 3. The molecule has 0 aliphatic carbocycles. The number of hydrogen-bond acceptors (Lipinski definition) is 5. The molecule has 0 aliphatic heterocycles. The van der Waals surface area contributed by atoms with Crippen LogP contribution in [0.3, 0.4) is 0 Å². The highest BCUT2D eigenvalue weighted by atomic mass is 32.1. The number of thiazole rings is 1. The Morgan fingerprint density at radius 1 is 1.19 bits per heavy atom. The number of hydrogen-bond donors (Lipinski definition) is 2. The number of carboxylic acid groups (broad SMARTS) is 2. The first kappa shape index (κ1) is 10.8. The fourth-order valence-electron chi connectivity index (χ4n) is 1.12. The van der Waals surface area contributed by atoms with E-state index in [1.807, 2.05) is 0 Å². The zero-order chi connectivity index (χ0) is 11.7. The Bertz CT molecular complexity index is 557. The van der Waals surface area contributed by atoms with Crippen LogP contribution in [0, 0.1) is 0 Å². The van der Waals surface area contributed by atoms with E-state index < -0.39 is 11.9 Å². The molecule has 0 fully saturated rings. The third-order valence-corrected chi connectivity index (χ3v) is 3.72. The van der Waals surface area contributed by atoms with Gasteiger partial charge in [0.2, 0.25) is 0 Å². The standard InChI is InChI=1S/C9H5NO4S2/c11-8(12)4-1-2-15-6(4)7-10-5(3-16-7)9(13)14/h1-3H,(H,11,12)(H,13,14). The van der Waals surface area contributed by atoms with E-state index in [0.717, 1.165) is 11.3 Å². The highest BCUT2D eigenvalue weighted by Gasteiger charge is 2.17. The van der Waals surface area contributed by atoms with Gasteiger partial charge in [0.15, 0.2) is 5.69 Å². The van der Waals surface area contributed by atoms with Crippen molar-refractivity contribution in [3.8, 4) is 9.88 Å². The summed E-state index contributed by atoms with van der Waals surface area (Å²) < 4.78 is 0. The molecule has 5 nitrogen and oxygen atoms in total. The van der Waals surface area contributed by atoms with Crippen LogP contribution < -0.4 is 0 Å². The van der Waals surface area contributed by atoms with Crippen LogP contribution in [0.25, 0.3) is 9.88 Å². The van der Waals surface area contributed by atoms with Gasteiger partial charge in [-0.3, -0.25) is 0 Å². The molecule has 2 rings (SSSR count). The lowest BCUT2D eigenvalue weighted by Crippen LogP contribution is -1.97. The smallest absolute Gasteiger partial charge is 0.355 e. The third-order valence-electron chi connectivity index (χ3n) is 1.81. The van der Waals surface area contributed by atoms with Crippen LogP contribution in [-0.2, 0) is 0 Å². The lowest BCUT2D eigenvalue weighted by Gasteiger charge is -1.93. The normalized spacial score (nSPS) is 10.2. The summed E-state index contributed by atoms with van der Waals surface area (Å²) in [5.41, 5.74) is 0.0843. The quantitative estimate of drug-likeness (QED) is 0.878. The van der Waals surface area contributed by atoms with Crippen LogP contribution in [0.2, 0.25) is 0 Å². The summed E-state index contributed by atoms with van der Waals surface area (Å²) in [7, 11) is 0. The Balaban J connectivity index is 2.46. The van der Waals surface area contributed by atoms with Gasteiger partial charge < -0.3 is 10.2 Å². The number of carboxylic acids is 2. The van der Waals surface area contributed by atoms with Crippen molar-refractivity contribution >= 4 is 34.6 Å². The lowest BCUT2D eigenvalue weighted by atomic mass is 10.2. The molecule has 0 aromatic carbocycles. The molecule has 2 heterocycles. The van der Waals surface area contributed by atoms with Crippen LogP contribution in [-0.4, -0.2) is 27.1 Å². The maximum absolute atomic E-state index is 10.9. The van der Waals surface area contributed by atoms with Gasteiger partial charge in [0.1, 0.15) is 5.01 Å². The second-order valence-electron chi connectivity index (χ2n) is 2.81. The predicted molar refractivity (Wildman–Crippen MR) is 59.3 cm³/mol. The molecule has 0 saturated heterocycles. The van der Waals surface area contributed by atoms with Gasteiger partial charge in [-0.1, -0.05) is 0 Å². The maximum Gasteiger partial charge on any atom is 0.355 e. The summed E-state index contributed by atoms with van der Waals surface area (Å²) in [6.45, 7) is 0. The fourth-order valence-corrected chi connectivity index (χ4v) is 2.92. The summed E-state index contributed by atoms with van der Waals surface area (Å²) in [6, 6.07) is 1.48. The van der Waals surface area contributed by atoms with E-state index in [1.54, 1.807) is 5.38 Å². The van der Waals surface area contributed by atoms with Crippen molar-refractivity contribution in [1.82, 2.24) is 4.98 Å². The van der Waals surface area contributed by atoms with E-state index in [4.69, 9.17) is 10.2 Å². The van der Waals surface area contributed by atoms with E-state index in [9.17, 15) is 9.59 Å². The average molecular weight is 255 g/mol. The van der Waals surface area contributed by atoms with Crippen molar-refractivity contribution in [2.75, 3.05) is 0 Å². The topological polar surface area (TPSA) is 87.5 Å². The molecule has 0 unspecified atom stereocenters. The third kappa shape index (κ3) is 1.82. The van der Waals surface area contributed by atoms with E-state index >= 15 is 0 Å². The molecular weight excluding hydrogens is 250 g/mol. The summed E-state index contributed by atoms with van der Waals surface area (Å²) in [4.78, 5) is 25.9. The van der Waals surface area contributed by atoms with Gasteiger partial charge in [-0.25, -0.2) is 14.6 Å². The molecule has 16 heavy (non-hydrogen) atoms. The number of carbonyl (C=O) groups is 2. The van der Waals surface area contributed by atoms with Crippen LogP contribution in [0.15, 0.2) is 16.8 Å². The summed E-state index contributed by atoms with van der Waals surface area (Å²) >= 11 is 2.35. The van der Waals surface area contributed by atoms with Gasteiger partial charge in [-0.2, -0.15) is 0 Å². The molecule has 0 atom stereocenters.